The van der Waals surface area contributed by atoms with Crippen LogP contribution in [0, 0.1) is 11.8 Å². The van der Waals surface area contributed by atoms with Crippen molar-refractivity contribution in [3.05, 3.63) is 0 Å². The van der Waals surface area contributed by atoms with Crippen molar-refractivity contribution in [3.63, 3.8) is 0 Å². The van der Waals surface area contributed by atoms with Gasteiger partial charge in [-0.05, 0) is 43.9 Å². The van der Waals surface area contributed by atoms with E-state index < -0.39 is 5.97 Å². The van der Waals surface area contributed by atoms with Crippen molar-refractivity contribution in [2.45, 2.75) is 58.8 Å². The second-order valence-corrected chi connectivity index (χ2v) is 6.36. The first-order valence-electron chi connectivity index (χ1n) is 8.25. The topological polar surface area (TPSA) is 69.6 Å². The number of likely N-dealkylation sites (tertiary alicyclic amines) is 1. The number of hydrogen-bond acceptors (Lipinski definition) is 2. The predicted molar refractivity (Wildman–Crippen MR) is 83.3 cm³/mol. The number of carboxylic acid groups (broad SMARTS) is 1. The lowest BCUT2D eigenvalue weighted by molar-refractivity contribution is -0.137. The lowest BCUT2D eigenvalue weighted by atomic mass is 9.89. The molecule has 1 atom stereocenters. The second-order valence-electron chi connectivity index (χ2n) is 6.36. The van der Waals surface area contributed by atoms with Crippen molar-refractivity contribution in [2.75, 3.05) is 19.6 Å². The molecule has 0 radical (unpaired) electrons. The average Bonchev–Trinajstić information content (AvgIpc) is 2.68. The van der Waals surface area contributed by atoms with Gasteiger partial charge in [0, 0.05) is 26.1 Å². The van der Waals surface area contributed by atoms with E-state index in [4.69, 9.17) is 5.11 Å². The first-order valence-corrected chi connectivity index (χ1v) is 8.25. The van der Waals surface area contributed by atoms with Crippen molar-refractivity contribution in [1.82, 2.24) is 10.2 Å². The van der Waals surface area contributed by atoms with Crippen LogP contribution in [0.15, 0.2) is 0 Å². The maximum atomic E-state index is 12.1. The van der Waals surface area contributed by atoms with Gasteiger partial charge in [0.15, 0.2) is 0 Å². The van der Waals surface area contributed by atoms with Gasteiger partial charge in [-0.1, -0.05) is 20.3 Å². The highest BCUT2D eigenvalue weighted by molar-refractivity contribution is 5.74. The number of carbonyl (C=O) groups is 2. The van der Waals surface area contributed by atoms with Crippen LogP contribution in [0.5, 0.6) is 0 Å². The minimum Gasteiger partial charge on any atom is -0.481 e. The number of rotatable bonds is 7. The molecule has 0 bridgehead atoms. The molecule has 0 saturated carbocycles. The van der Waals surface area contributed by atoms with E-state index in [0.717, 1.165) is 44.7 Å². The summed E-state index contributed by atoms with van der Waals surface area (Å²) < 4.78 is 0. The molecule has 1 aliphatic rings. The summed E-state index contributed by atoms with van der Waals surface area (Å²) in [6.45, 7) is 6.87. The van der Waals surface area contributed by atoms with Gasteiger partial charge in [0.25, 0.3) is 0 Å². The summed E-state index contributed by atoms with van der Waals surface area (Å²) in [5.41, 5.74) is 0. The zero-order chi connectivity index (χ0) is 15.7. The number of amides is 2. The number of urea groups is 1. The fraction of sp³-hybridized carbons (Fsp3) is 0.875. The third-order valence-electron chi connectivity index (χ3n) is 4.35. The number of carbonyl (C=O) groups excluding carboxylic acids is 1. The molecule has 0 aliphatic carbocycles. The maximum absolute atomic E-state index is 12.1. The molecule has 1 rings (SSSR count). The molecule has 5 heteroatoms. The highest BCUT2D eigenvalue weighted by atomic mass is 16.4. The molecule has 0 spiro atoms. The van der Waals surface area contributed by atoms with Crippen LogP contribution >= 0.6 is 0 Å². The lowest BCUT2D eigenvalue weighted by Gasteiger charge is -2.22. The van der Waals surface area contributed by atoms with Gasteiger partial charge in [0.2, 0.25) is 0 Å². The highest BCUT2D eigenvalue weighted by Crippen LogP contribution is 2.24. The van der Waals surface area contributed by atoms with Crippen molar-refractivity contribution in [3.8, 4) is 0 Å². The Hall–Kier alpha value is -1.26. The van der Waals surface area contributed by atoms with Crippen LogP contribution in [0.3, 0.4) is 0 Å². The van der Waals surface area contributed by atoms with Crippen molar-refractivity contribution >= 4 is 12.0 Å². The first-order chi connectivity index (χ1) is 10.0. The Balaban J connectivity index is 2.15. The number of hydrogen-bond donors (Lipinski definition) is 2. The molecule has 5 nitrogen and oxygen atoms in total. The number of nitrogens with zero attached hydrogens (tertiary/aromatic N) is 1. The number of carboxylic acids is 1. The smallest absolute Gasteiger partial charge is 0.317 e. The van der Waals surface area contributed by atoms with Gasteiger partial charge in [-0.15, -0.1) is 0 Å². The highest BCUT2D eigenvalue weighted by Gasteiger charge is 2.21. The van der Waals surface area contributed by atoms with E-state index in [0.29, 0.717) is 18.9 Å². The third kappa shape index (κ3) is 7.34. The van der Waals surface area contributed by atoms with E-state index in [2.05, 4.69) is 19.2 Å². The van der Waals surface area contributed by atoms with Crippen LogP contribution in [0.4, 0.5) is 4.79 Å². The molecule has 0 aromatic carbocycles. The minimum absolute atomic E-state index is 0.0395. The van der Waals surface area contributed by atoms with Gasteiger partial charge in [-0.2, -0.15) is 0 Å². The van der Waals surface area contributed by atoms with Crippen molar-refractivity contribution < 1.29 is 14.7 Å². The van der Waals surface area contributed by atoms with Crippen LogP contribution in [-0.4, -0.2) is 41.6 Å². The summed E-state index contributed by atoms with van der Waals surface area (Å²) in [6.07, 6.45) is 6.01. The fourth-order valence-corrected chi connectivity index (χ4v) is 2.88. The summed E-state index contributed by atoms with van der Waals surface area (Å²) in [4.78, 5) is 24.4. The van der Waals surface area contributed by atoms with Gasteiger partial charge < -0.3 is 15.3 Å². The summed E-state index contributed by atoms with van der Waals surface area (Å²) in [7, 11) is 0. The van der Waals surface area contributed by atoms with Gasteiger partial charge in [-0.25, -0.2) is 4.79 Å². The SMILES string of the molecule is CC(C)C1CCCN(C(=O)NCCCCCC(=O)O)CC1. The van der Waals surface area contributed by atoms with Crippen molar-refractivity contribution in [1.29, 1.82) is 0 Å². The summed E-state index contributed by atoms with van der Waals surface area (Å²) in [6, 6.07) is 0.0395. The molecule has 2 amide bonds. The number of nitrogens with one attached hydrogen (secondary N) is 1. The standard InChI is InChI=1S/C16H30N2O3/c1-13(2)14-7-6-11-18(12-9-14)16(21)17-10-5-3-4-8-15(19)20/h13-14H,3-12H2,1-2H3,(H,17,21)(H,19,20). The van der Waals surface area contributed by atoms with Crippen LogP contribution in [0.2, 0.25) is 0 Å². The van der Waals surface area contributed by atoms with Gasteiger partial charge in [0.05, 0.1) is 0 Å². The molecule has 0 aromatic heterocycles. The second kappa shape index (κ2) is 9.64. The quantitative estimate of drug-likeness (QED) is 0.710. The molecule has 21 heavy (non-hydrogen) atoms. The van der Waals surface area contributed by atoms with Crippen LogP contribution in [0.1, 0.15) is 58.8 Å². The fourth-order valence-electron chi connectivity index (χ4n) is 2.88. The largest absolute Gasteiger partial charge is 0.481 e. The van der Waals surface area contributed by atoms with Crippen LogP contribution in [0.25, 0.3) is 0 Å². The zero-order valence-corrected chi connectivity index (χ0v) is 13.4. The van der Waals surface area contributed by atoms with E-state index in [1.165, 1.54) is 6.42 Å². The normalized spacial score (nSPS) is 19.4. The molecule has 1 saturated heterocycles. The van der Waals surface area contributed by atoms with E-state index in [1.807, 2.05) is 4.90 Å². The Kier molecular flexibility index (Phi) is 8.16. The lowest BCUT2D eigenvalue weighted by Crippen LogP contribution is -2.41. The number of aliphatic carboxylic acids is 1. The van der Waals surface area contributed by atoms with Gasteiger partial charge in [-0.3, -0.25) is 4.79 Å². The Bertz CT molecular complexity index is 331. The van der Waals surface area contributed by atoms with Crippen molar-refractivity contribution in [2.24, 2.45) is 11.8 Å². The van der Waals surface area contributed by atoms with E-state index in [9.17, 15) is 9.59 Å². The summed E-state index contributed by atoms with van der Waals surface area (Å²) in [5.74, 6) is 0.685. The van der Waals surface area contributed by atoms with Crippen LogP contribution < -0.4 is 5.32 Å². The third-order valence-corrected chi connectivity index (χ3v) is 4.35. The molecule has 0 aromatic rings. The molecular weight excluding hydrogens is 268 g/mol. The Morgan fingerprint density at radius 3 is 2.62 bits per heavy atom. The minimum atomic E-state index is -0.747. The molecule has 122 valence electrons. The molecule has 1 heterocycles. The Morgan fingerprint density at radius 1 is 1.19 bits per heavy atom. The molecule has 1 aliphatic heterocycles. The number of unbranched alkanes of at least 4 members (excludes halogenated alkanes) is 2. The summed E-state index contributed by atoms with van der Waals surface area (Å²) in [5, 5.41) is 11.5. The van der Waals surface area contributed by atoms with E-state index in [1.54, 1.807) is 0 Å². The summed E-state index contributed by atoms with van der Waals surface area (Å²) >= 11 is 0. The molecular formula is C16H30N2O3. The van der Waals surface area contributed by atoms with E-state index >= 15 is 0 Å². The monoisotopic (exact) mass is 298 g/mol. The maximum Gasteiger partial charge on any atom is 0.317 e. The molecule has 1 unspecified atom stereocenters. The predicted octanol–water partition coefficient (Wildman–Crippen LogP) is 3.10. The first kappa shape index (κ1) is 17.8. The Labute approximate surface area is 128 Å². The zero-order valence-electron chi connectivity index (χ0n) is 13.4. The van der Waals surface area contributed by atoms with Crippen LogP contribution in [-0.2, 0) is 4.79 Å². The van der Waals surface area contributed by atoms with Gasteiger partial charge in [0.1, 0.15) is 0 Å². The van der Waals surface area contributed by atoms with Gasteiger partial charge >= 0.3 is 12.0 Å². The molecule has 1 fully saturated rings. The Morgan fingerprint density at radius 2 is 1.95 bits per heavy atom. The molecule has 2 N–H and O–H groups in total. The average molecular weight is 298 g/mol. The van der Waals surface area contributed by atoms with E-state index in [-0.39, 0.29) is 12.5 Å².